The third-order valence-corrected chi connectivity index (χ3v) is 4.25. The van der Waals surface area contributed by atoms with E-state index < -0.39 is 29.7 Å². The molecule has 0 aliphatic carbocycles. The number of benzene rings is 1. The van der Waals surface area contributed by atoms with Gasteiger partial charge in [-0.3, -0.25) is 4.79 Å². The summed E-state index contributed by atoms with van der Waals surface area (Å²) in [4.78, 5) is 38.2. The molecule has 0 saturated carbocycles. The van der Waals surface area contributed by atoms with Gasteiger partial charge in [0.1, 0.15) is 12.2 Å². The highest BCUT2D eigenvalue weighted by atomic mass is 16.6. The minimum Gasteiger partial charge on any atom is -0.445 e. The number of nitrogens with one attached hydrogen (secondary N) is 2. The van der Waals surface area contributed by atoms with Gasteiger partial charge in [0, 0.05) is 20.1 Å². The van der Waals surface area contributed by atoms with E-state index in [9.17, 15) is 14.4 Å². The molecule has 8 heteroatoms. The number of ether oxygens (including phenoxy) is 2. The van der Waals surface area contributed by atoms with Gasteiger partial charge in [-0.05, 0) is 32.8 Å². The number of piperidine rings is 1. The molecule has 2 atom stereocenters. The number of amides is 3. The summed E-state index contributed by atoms with van der Waals surface area (Å²) in [7, 11) is 1.55. The molecule has 3 amide bonds. The smallest absolute Gasteiger partial charge is 0.410 e. The number of hydrogen-bond acceptors (Lipinski definition) is 5. The predicted molar refractivity (Wildman–Crippen MR) is 104 cm³/mol. The summed E-state index contributed by atoms with van der Waals surface area (Å²) in [5.74, 6) is -0.622. The normalized spacial score (nSPS) is 19.5. The summed E-state index contributed by atoms with van der Waals surface area (Å²) in [6.45, 7) is 5.98. The number of carbonyl (C=O) groups excluding carboxylic acids is 3. The first-order chi connectivity index (χ1) is 13.2. The summed E-state index contributed by atoms with van der Waals surface area (Å²) in [5, 5.41) is 5.36. The largest absolute Gasteiger partial charge is 0.445 e. The first kappa shape index (κ1) is 21.5. The number of nitrogens with zero attached hydrogens (tertiary/aromatic N) is 1. The van der Waals surface area contributed by atoms with Crippen molar-refractivity contribution >= 4 is 18.1 Å². The summed E-state index contributed by atoms with van der Waals surface area (Å²) in [6, 6.07) is 8.93. The van der Waals surface area contributed by atoms with Crippen LogP contribution in [-0.4, -0.2) is 54.8 Å². The first-order valence-corrected chi connectivity index (χ1v) is 9.34. The Hall–Kier alpha value is -2.77. The molecule has 2 unspecified atom stereocenters. The van der Waals surface area contributed by atoms with Crippen molar-refractivity contribution in [1.29, 1.82) is 0 Å². The van der Waals surface area contributed by atoms with Crippen LogP contribution in [0.2, 0.25) is 0 Å². The third-order valence-electron chi connectivity index (χ3n) is 4.25. The monoisotopic (exact) mass is 391 g/mol. The zero-order chi connectivity index (χ0) is 20.7. The molecule has 1 heterocycles. The Morgan fingerprint density at radius 1 is 1.14 bits per heavy atom. The van der Waals surface area contributed by atoms with Gasteiger partial charge in [-0.1, -0.05) is 30.3 Å². The van der Waals surface area contributed by atoms with Crippen LogP contribution < -0.4 is 10.6 Å². The SMILES string of the molecule is CNC(=O)C1CC(NC(=O)OCc2ccccc2)CN(C(=O)OC(C)(C)C)C1. The van der Waals surface area contributed by atoms with E-state index in [1.54, 1.807) is 27.8 Å². The highest BCUT2D eigenvalue weighted by Crippen LogP contribution is 2.20. The lowest BCUT2D eigenvalue weighted by Crippen LogP contribution is -2.55. The molecular weight excluding hydrogens is 362 g/mol. The van der Waals surface area contributed by atoms with Crippen molar-refractivity contribution < 1.29 is 23.9 Å². The van der Waals surface area contributed by atoms with Gasteiger partial charge in [0.25, 0.3) is 0 Å². The van der Waals surface area contributed by atoms with E-state index in [0.29, 0.717) is 6.42 Å². The standard InChI is InChI=1S/C20H29N3O5/c1-20(2,3)28-19(26)23-11-15(17(24)21-4)10-16(12-23)22-18(25)27-13-14-8-6-5-7-9-14/h5-9,15-16H,10-13H2,1-4H3,(H,21,24)(H,22,25). The van der Waals surface area contributed by atoms with Gasteiger partial charge in [-0.25, -0.2) is 9.59 Å². The molecule has 1 aromatic carbocycles. The molecule has 154 valence electrons. The van der Waals surface area contributed by atoms with Crippen molar-refractivity contribution in [3.8, 4) is 0 Å². The number of rotatable bonds is 4. The average Bonchev–Trinajstić information content (AvgIpc) is 2.65. The minimum absolute atomic E-state index is 0.147. The van der Waals surface area contributed by atoms with Crippen molar-refractivity contribution in [3.63, 3.8) is 0 Å². The Labute approximate surface area is 165 Å². The van der Waals surface area contributed by atoms with Gasteiger partial charge in [-0.2, -0.15) is 0 Å². The maximum atomic E-state index is 12.4. The second kappa shape index (κ2) is 9.43. The first-order valence-electron chi connectivity index (χ1n) is 9.34. The van der Waals surface area contributed by atoms with Crippen LogP contribution in [0, 0.1) is 5.92 Å². The molecule has 0 radical (unpaired) electrons. The van der Waals surface area contributed by atoms with Gasteiger partial charge >= 0.3 is 12.2 Å². The highest BCUT2D eigenvalue weighted by molar-refractivity contribution is 5.80. The quantitative estimate of drug-likeness (QED) is 0.821. The fourth-order valence-electron chi connectivity index (χ4n) is 3.00. The molecule has 8 nitrogen and oxygen atoms in total. The summed E-state index contributed by atoms with van der Waals surface area (Å²) >= 11 is 0. The Morgan fingerprint density at radius 3 is 2.43 bits per heavy atom. The van der Waals surface area contributed by atoms with E-state index in [2.05, 4.69) is 10.6 Å². The van der Waals surface area contributed by atoms with Crippen molar-refractivity contribution in [2.45, 2.75) is 45.4 Å². The fraction of sp³-hybridized carbons (Fsp3) is 0.550. The molecule has 0 spiro atoms. The Kier molecular flexibility index (Phi) is 7.25. The number of hydrogen-bond donors (Lipinski definition) is 2. The molecule has 1 aliphatic heterocycles. The maximum absolute atomic E-state index is 12.4. The van der Waals surface area contributed by atoms with E-state index in [1.807, 2.05) is 30.3 Å². The van der Waals surface area contributed by atoms with Crippen molar-refractivity contribution in [2.75, 3.05) is 20.1 Å². The molecule has 28 heavy (non-hydrogen) atoms. The molecule has 1 saturated heterocycles. The molecule has 0 bridgehead atoms. The van der Waals surface area contributed by atoms with Crippen molar-refractivity contribution in [1.82, 2.24) is 15.5 Å². The van der Waals surface area contributed by atoms with Crippen LogP contribution in [0.5, 0.6) is 0 Å². The van der Waals surface area contributed by atoms with Crippen LogP contribution >= 0.6 is 0 Å². The van der Waals surface area contributed by atoms with Gasteiger partial charge in [0.15, 0.2) is 0 Å². The Balaban J connectivity index is 1.97. The van der Waals surface area contributed by atoms with E-state index in [1.165, 1.54) is 4.90 Å². The molecule has 1 aromatic rings. The lowest BCUT2D eigenvalue weighted by Gasteiger charge is -2.37. The van der Waals surface area contributed by atoms with Crippen LogP contribution in [0.3, 0.4) is 0 Å². The van der Waals surface area contributed by atoms with Crippen LogP contribution in [0.1, 0.15) is 32.8 Å². The van der Waals surface area contributed by atoms with E-state index in [4.69, 9.17) is 9.47 Å². The summed E-state index contributed by atoms with van der Waals surface area (Å²) in [6.07, 6.45) is -0.680. The lowest BCUT2D eigenvalue weighted by atomic mass is 9.93. The van der Waals surface area contributed by atoms with Crippen LogP contribution in [0.15, 0.2) is 30.3 Å². The second-order valence-electron chi connectivity index (χ2n) is 7.84. The van der Waals surface area contributed by atoms with E-state index in [0.717, 1.165) is 5.56 Å². The molecule has 2 rings (SSSR count). The zero-order valence-electron chi connectivity index (χ0n) is 16.9. The Bertz CT molecular complexity index is 687. The molecular formula is C20H29N3O5. The zero-order valence-corrected chi connectivity index (χ0v) is 16.9. The van der Waals surface area contributed by atoms with Crippen LogP contribution in [0.4, 0.5) is 9.59 Å². The van der Waals surface area contributed by atoms with Gasteiger partial charge in [-0.15, -0.1) is 0 Å². The number of carbonyl (C=O) groups is 3. The number of alkyl carbamates (subject to hydrolysis) is 1. The summed E-state index contributed by atoms with van der Waals surface area (Å²) in [5.41, 5.74) is 0.231. The highest BCUT2D eigenvalue weighted by Gasteiger charge is 2.36. The summed E-state index contributed by atoms with van der Waals surface area (Å²) < 4.78 is 10.7. The average molecular weight is 391 g/mol. The van der Waals surface area contributed by atoms with Crippen molar-refractivity contribution in [3.05, 3.63) is 35.9 Å². The fourth-order valence-corrected chi connectivity index (χ4v) is 3.00. The molecule has 2 N–H and O–H groups in total. The van der Waals surface area contributed by atoms with E-state index in [-0.39, 0.29) is 25.6 Å². The predicted octanol–water partition coefficient (Wildman–Crippen LogP) is 2.28. The van der Waals surface area contributed by atoms with Gasteiger partial charge < -0.3 is 25.0 Å². The van der Waals surface area contributed by atoms with Crippen molar-refractivity contribution in [2.24, 2.45) is 5.92 Å². The molecule has 1 fully saturated rings. The minimum atomic E-state index is -0.644. The lowest BCUT2D eigenvalue weighted by molar-refractivity contribution is -0.126. The topological polar surface area (TPSA) is 97.0 Å². The molecule has 0 aromatic heterocycles. The maximum Gasteiger partial charge on any atom is 0.410 e. The van der Waals surface area contributed by atoms with Crippen LogP contribution in [0.25, 0.3) is 0 Å². The third kappa shape index (κ3) is 6.75. The number of likely N-dealkylation sites (tertiary alicyclic amines) is 1. The van der Waals surface area contributed by atoms with Crippen LogP contribution in [-0.2, 0) is 20.9 Å². The second-order valence-corrected chi connectivity index (χ2v) is 7.84. The Morgan fingerprint density at radius 2 is 1.82 bits per heavy atom. The van der Waals surface area contributed by atoms with E-state index >= 15 is 0 Å². The van der Waals surface area contributed by atoms with Gasteiger partial charge in [0.2, 0.25) is 5.91 Å². The molecule has 1 aliphatic rings. The van der Waals surface area contributed by atoms with Gasteiger partial charge in [0.05, 0.1) is 12.0 Å².